The van der Waals surface area contributed by atoms with Gasteiger partial charge in [0, 0.05) is 6.04 Å². The molecule has 3 nitrogen and oxygen atoms in total. The highest BCUT2D eigenvalue weighted by molar-refractivity contribution is 5.73. The van der Waals surface area contributed by atoms with Gasteiger partial charge in [-0.05, 0) is 18.8 Å². The predicted octanol–water partition coefficient (Wildman–Crippen LogP) is 0.848. The van der Waals surface area contributed by atoms with E-state index in [1.807, 2.05) is 0 Å². The molecule has 0 aliphatic carbocycles. The summed E-state index contributed by atoms with van der Waals surface area (Å²) in [5, 5.41) is 11.7. The molecule has 0 amide bonds. The smallest absolute Gasteiger partial charge is 0.320 e. The van der Waals surface area contributed by atoms with Gasteiger partial charge in [-0.3, -0.25) is 4.79 Å². The van der Waals surface area contributed by atoms with Crippen LogP contribution in [-0.4, -0.2) is 23.2 Å². The lowest BCUT2D eigenvalue weighted by atomic mass is 10.0. The maximum Gasteiger partial charge on any atom is 0.320 e. The van der Waals surface area contributed by atoms with Gasteiger partial charge in [-0.2, -0.15) is 0 Å². The monoisotopic (exact) mass is 157 g/mol. The molecule has 0 aromatic heterocycles. The zero-order chi connectivity index (χ0) is 8.43. The molecule has 1 aliphatic heterocycles. The molecule has 1 fully saturated rings. The first-order chi connectivity index (χ1) is 5.11. The Labute approximate surface area is 66.8 Å². The topological polar surface area (TPSA) is 49.3 Å². The van der Waals surface area contributed by atoms with Crippen molar-refractivity contribution in [2.45, 2.75) is 38.8 Å². The highest BCUT2D eigenvalue weighted by atomic mass is 16.4. The largest absolute Gasteiger partial charge is 0.480 e. The Balaban J connectivity index is 2.41. The van der Waals surface area contributed by atoms with Crippen LogP contribution in [0.15, 0.2) is 0 Å². The van der Waals surface area contributed by atoms with Crippen LogP contribution < -0.4 is 5.32 Å². The highest BCUT2D eigenvalue weighted by Crippen LogP contribution is 2.18. The standard InChI is InChI=1S/C8H15NO2/c1-5(2)6-3-4-7(9-6)8(10)11/h5-7,9H,3-4H2,1-2H3,(H,10,11)/t6?,7-/m0/s1. The Morgan fingerprint density at radius 2 is 2.18 bits per heavy atom. The van der Waals surface area contributed by atoms with Crippen molar-refractivity contribution in [3.05, 3.63) is 0 Å². The van der Waals surface area contributed by atoms with Crippen molar-refractivity contribution in [1.82, 2.24) is 5.32 Å². The van der Waals surface area contributed by atoms with Gasteiger partial charge in [0.15, 0.2) is 0 Å². The maximum absolute atomic E-state index is 10.5. The van der Waals surface area contributed by atoms with Crippen molar-refractivity contribution in [1.29, 1.82) is 0 Å². The highest BCUT2D eigenvalue weighted by Gasteiger charge is 2.29. The molecule has 0 saturated carbocycles. The average Bonchev–Trinajstić information content (AvgIpc) is 2.33. The van der Waals surface area contributed by atoms with Gasteiger partial charge in [0.2, 0.25) is 0 Å². The summed E-state index contributed by atoms with van der Waals surface area (Å²) in [5.74, 6) is -0.174. The van der Waals surface area contributed by atoms with Crippen molar-refractivity contribution >= 4 is 5.97 Å². The SMILES string of the molecule is CC(C)C1CC[C@@H](C(=O)O)N1. The Kier molecular flexibility index (Phi) is 2.49. The minimum absolute atomic E-state index is 0.303. The van der Waals surface area contributed by atoms with Crippen LogP contribution >= 0.6 is 0 Å². The molecule has 1 unspecified atom stereocenters. The van der Waals surface area contributed by atoms with Crippen LogP contribution in [-0.2, 0) is 4.79 Å². The van der Waals surface area contributed by atoms with Crippen molar-refractivity contribution in [2.75, 3.05) is 0 Å². The van der Waals surface area contributed by atoms with E-state index in [-0.39, 0.29) is 6.04 Å². The summed E-state index contributed by atoms with van der Waals surface area (Å²) >= 11 is 0. The van der Waals surface area contributed by atoms with E-state index >= 15 is 0 Å². The van der Waals surface area contributed by atoms with Crippen molar-refractivity contribution in [3.8, 4) is 0 Å². The Morgan fingerprint density at radius 1 is 1.55 bits per heavy atom. The van der Waals surface area contributed by atoms with Gasteiger partial charge in [-0.1, -0.05) is 13.8 Å². The van der Waals surface area contributed by atoms with E-state index in [1.54, 1.807) is 0 Å². The van der Waals surface area contributed by atoms with E-state index in [0.717, 1.165) is 12.8 Å². The molecule has 0 aromatic carbocycles. The quantitative estimate of drug-likeness (QED) is 0.624. The minimum atomic E-state index is -0.715. The lowest BCUT2D eigenvalue weighted by Gasteiger charge is -2.14. The summed E-state index contributed by atoms with van der Waals surface area (Å²) in [6.07, 6.45) is 1.77. The summed E-state index contributed by atoms with van der Waals surface area (Å²) in [4.78, 5) is 10.5. The van der Waals surface area contributed by atoms with Crippen LogP contribution in [0.4, 0.5) is 0 Å². The number of aliphatic carboxylic acids is 1. The van der Waals surface area contributed by atoms with Gasteiger partial charge in [-0.25, -0.2) is 0 Å². The fraction of sp³-hybridized carbons (Fsp3) is 0.875. The normalized spacial score (nSPS) is 31.2. The van der Waals surface area contributed by atoms with Crippen LogP contribution in [0.25, 0.3) is 0 Å². The molecule has 0 radical (unpaired) electrons. The molecule has 1 rings (SSSR count). The molecule has 2 N–H and O–H groups in total. The molecule has 64 valence electrons. The second-order valence-corrected chi connectivity index (χ2v) is 3.49. The van der Waals surface area contributed by atoms with E-state index in [4.69, 9.17) is 5.11 Å². The van der Waals surface area contributed by atoms with E-state index in [9.17, 15) is 4.79 Å². The molecule has 1 heterocycles. The number of rotatable bonds is 2. The summed E-state index contributed by atoms with van der Waals surface area (Å²) in [7, 11) is 0. The third kappa shape index (κ3) is 1.93. The fourth-order valence-corrected chi connectivity index (χ4v) is 1.49. The number of carbonyl (C=O) groups is 1. The minimum Gasteiger partial charge on any atom is -0.480 e. The van der Waals surface area contributed by atoms with Crippen molar-refractivity contribution in [3.63, 3.8) is 0 Å². The third-order valence-electron chi connectivity index (χ3n) is 2.28. The fourth-order valence-electron chi connectivity index (χ4n) is 1.49. The predicted molar refractivity (Wildman–Crippen MR) is 42.4 cm³/mol. The second-order valence-electron chi connectivity index (χ2n) is 3.49. The number of nitrogens with one attached hydrogen (secondary N) is 1. The second kappa shape index (κ2) is 3.22. The molecule has 3 heteroatoms. The first-order valence-corrected chi connectivity index (χ1v) is 4.10. The number of carboxylic acids is 1. The maximum atomic E-state index is 10.5. The van der Waals surface area contributed by atoms with E-state index < -0.39 is 5.97 Å². The van der Waals surface area contributed by atoms with Gasteiger partial charge >= 0.3 is 5.97 Å². The Morgan fingerprint density at radius 3 is 2.45 bits per heavy atom. The van der Waals surface area contributed by atoms with E-state index in [0.29, 0.717) is 12.0 Å². The average molecular weight is 157 g/mol. The number of carboxylic acid groups (broad SMARTS) is 1. The Bertz CT molecular complexity index is 156. The molecule has 11 heavy (non-hydrogen) atoms. The first-order valence-electron chi connectivity index (χ1n) is 4.10. The summed E-state index contributed by atoms with van der Waals surface area (Å²) in [6.45, 7) is 4.23. The van der Waals surface area contributed by atoms with Gasteiger partial charge in [0.25, 0.3) is 0 Å². The summed E-state index contributed by atoms with van der Waals surface area (Å²) in [6, 6.07) is 0.0958. The van der Waals surface area contributed by atoms with E-state index in [2.05, 4.69) is 19.2 Å². The lowest BCUT2D eigenvalue weighted by molar-refractivity contribution is -0.139. The third-order valence-corrected chi connectivity index (χ3v) is 2.28. The van der Waals surface area contributed by atoms with Gasteiger partial charge in [0.1, 0.15) is 6.04 Å². The zero-order valence-corrected chi connectivity index (χ0v) is 7.00. The molecule has 1 saturated heterocycles. The van der Waals surface area contributed by atoms with E-state index in [1.165, 1.54) is 0 Å². The van der Waals surface area contributed by atoms with Crippen molar-refractivity contribution < 1.29 is 9.90 Å². The molecule has 2 atom stereocenters. The number of hydrogen-bond donors (Lipinski definition) is 2. The van der Waals surface area contributed by atoms with Gasteiger partial charge < -0.3 is 10.4 Å². The number of hydrogen-bond acceptors (Lipinski definition) is 2. The van der Waals surface area contributed by atoms with Gasteiger partial charge in [0.05, 0.1) is 0 Å². The van der Waals surface area contributed by atoms with Crippen LogP contribution in [0.3, 0.4) is 0 Å². The van der Waals surface area contributed by atoms with Crippen LogP contribution in [0.1, 0.15) is 26.7 Å². The molecule has 0 spiro atoms. The lowest BCUT2D eigenvalue weighted by Crippen LogP contribution is -2.37. The summed E-state index contributed by atoms with van der Waals surface area (Å²) < 4.78 is 0. The summed E-state index contributed by atoms with van der Waals surface area (Å²) in [5.41, 5.74) is 0. The molecule has 0 bridgehead atoms. The Hall–Kier alpha value is -0.570. The molecular weight excluding hydrogens is 142 g/mol. The van der Waals surface area contributed by atoms with Crippen LogP contribution in [0.2, 0.25) is 0 Å². The first kappa shape index (κ1) is 8.53. The van der Waals surface area contributed by atoms with Crippen LogP contribution in [0.5, 0.6) is 0 Å². The van der Waals surface area contributed by atoms with Gasteiger partial charge in [-0.15, -0.1) is 0 Å². The molecular formula is C8H15NO2. The zero-order valence-electron chi connectivity index (χ0n) is 7.00. The molecule has 1 aliphatic rings. The molecule has 0 aromatic rings. The van der Waals surface area contributed by atoms with Crippen molar-refractivity contribution in [2.24, 2.45) is 5.92 Å². The van der Waals surface area contributed by atoms with Crippen LogP contribution in [0, 0.1) is 5.92 Å².